The predicted octanol–water partition coefficient (Wildman–Crippen LogP) is 5.82. The number of allylic oxidation sites excluding steroid dienone is 1. The van der Waals surface area contributed by atoms with Crippen molar-refractivity contribution in [1.82, 2.24) is 0 Å². The lowest BCUT2D eigenvalue weighted by atomic mass is 10.1. The van der Waals surface area contributed by atoms with E-state index in [0.717, 1.165) is 32.5 Å². The molecule has 0 unspecified atom stereocenters. The summed E-state index contributed by atoms with van der Waals surface area (Å²) in [6.45, 7) is 3.07. The number of hydrogen-bond donors (Lipinski definition) is 0. The number of ether oxygens (including phenoxy) is 4. The molecule has 3 aromatic carbocycles. The molecule has 5 nitrogen and oxygen atoms in total. The van der Waals surface area contributed by atoms with Crippen molar-refractivity contribution in [2.24, 2.45) is 0 Å². The summed E-state index contributed by atoms with van der Waals surface area (Å²) in [5.74, 6) is 2.10. The van der Waals surface area contributed by atoms with Crippen molar-refractivity contribution in [3.63, 3.8) is 0 Å². The molecule has 156 valence electrons. The summed E-state index contributed by atoms with van der Waals surface area (Å²) in [6.07, 6.45) is 1.77. The number of fused-ring (bicyclic) bond motifs is 2. The first-order valence-electron chi connectivity index (χ1n) is 9.86. The Labute approximate surface area is 188 Å². The molecule has 0 spiro atoms. The van der Waals surface area contributed by atoms with E-state index >= 15 is 0 Å². The Bertz CT molecular complexity index is 1210. The van der Waals surface area contributed by atoms with Crippen LogP contribution >= 0.6 is 15.9 Å². The van der Waals surface area contributed by atoms with Crippen molar-refractivity contribution < 1.29 is 23.7 Å². The van der Waals surface area contributed by atoms with Gasteiger partial charge in [-0.05, 0) is 42.8 Å². The number of ketones is 1. The molecule has 2 aliphatic heterocycles. The van der Waals surface area contributed by atoms with Crippen molar-refractivity contribution in [3.05, 3.63) is 92.6 Å². The SMILES string of the molecule is Cc1cccc(/C=C2\Oc3cc(OCc4cc(Br)cc5c4OCOC5)ccc3C2=O)c1. The minimum atomic E-state index is -0.127. The van der Waals surface area contributed by atoms with E-state index in [2.05, 4.69) is 15.9 Å². The van der Waals surface area contributed by atoms with Gasteiger partial charge in [-0.3, -0.25) is 4.79 Å². The number of benzene rings is 3. The number of aryl methyl sites for hydroxylation is 1. The zero-order valence-electron chi connectivity index (χ0n) is 16.8. The van der Waals surface area contributed by atoms with Crippen LogP contribution in [0.1, 0.15) is 32.6 Å². The van der Waals surface area contributed by atoms with Gasteiger partial charge in [-0.2, -0.15) is 0 Å². The van der Waals surface area contributed by atoms with Crippen molar-refractivity contribution in [1.29, 1.82) is 0 Å². The van der Waals surface area contributed by atoms with Crippen LogP contribution in [-0.4, -0.2) is 12.6 Å². The van der Waals surface area contributed by atoms with Gasteiger partial charge in [0.05, 0.1) is 12.2 Å². The first-order valence-corrected chi connectivity index (χ1v) is 10.7. The molecular weight excluding hydrogens is 460 g/mol. The Morgan fingerprint density at radius 3 is 2.90 bits per heavy atom. The normalized spacial score (nSPS) is 15.8. The second-order valence-corrected chi connectivity index (χ2v) is 8.38. The molecule has 2 heterocycles. The Morgan fingerprint density at radius 1 is 1.13 bits per heavy atom. The fourth-order valence-corrected chi connectivity index (χ4v) is 4.25. The molecule has 31 heavy (non-hydrogen) atoms. The topological polar surface area (TPSA) is 54.0 Å². The van der Waals surface area contributed by atoms with E-state index in [9.17, 15) is 4.79 Å². The Hall–Kier alpha value is -3.09. The third kappa shape index (κ3) is 4.09. The lowest BCUT2D eigenvalue weighted by molar-refractivity contribution is -0.0176. The molecule has 0 bridgehead atoms. The zero-order valence-corrected chi connectivity index (χ0v) is 18.4. The van der Waals surface area contributed by atoms with Crippen LogP contribution in [0.3, 0.4) is 0 Å². The van der Waals surface area contributed by atoms with Crippen molar-refractivity contribution in [2.45, 2.75) is 20.1 Å². The Balaban J connectivity index is 1.35. The molecule has 0 N–H and O–H groups in total. The monoisotopic (exact) mass is 478 g/mol. The maximum absolute atomic E-state index is 12.7. The van der Waals surface area contributed by atoms with E-state index in [0.29, 0.717) is 36.0 Å². The largest absolute Gasteiger partial charge is 0.489 e. The summed E-state index contributed by atoms with van der Waals surface area (Å²) in [5, 5.41) is 0. The molecule has 0 atom stereocenters. The maximum atomic E-state index is 12.7. The molecule has 0 radical (unpaired) electrons. The van der Waals surface area contributed by atoms with Gasteiger partial charge in [0.2, 0.25) is 5.78 Å². The molecule has 3 aromatic rings. The molecule has 5 rings (SSSR count). The third-order valence-corrected chi connectivity index (χ3v) is 5.59. The summed E-state index contributed by atoms with van der Waals surface area (Å²) in [4.78, 5) is 12.7. The second kappa shape index (κ2) is 8.21. The van der Waals surface area contributed by atoms with Gasteiger partial charge in [-0.15, -0.1) is 0 Å². The smallest absolute Gasteiger partial charge is 0.231 e. The molecule has 0 saturated carbocycles. The van der Waals surface area contributed by atoms with Crippen molar-refractivity contribution in [3.8, 4) is 17.2 Å². The Morgan fingerprint density at radius 2 is 2.03 bits per heavy atom. The average Bonchev–Trinajstić information content (AvgIpc) is 3.06. The molecule has 0 amide bonds. The maximum Gasteiger partial charge on any atom is 0.231 e. The van der Waals surface area contributed by atoms with E-state index < -0.39 is 0 Å². The highest BCUT2D eigenvalue weighted by Gasteiger charge is 2.28. The van der Waals surface area contributed by atoms with E-state index in [1.165, 1.54) is 0 Å². The first-order chi connectivity index (χ1) is 15.1. The third-order valence-electron chi connectivity index (χ3n) is 5.13. The van der Waals surface area contributed by atoms with E-state index in [4.69, 9.17) is 18.9 Å². The van der Waals surface area contributed by atoms with Crippen LogP contribution in [0.5, 0.6) is 17.2 Å². The quantitative estimate of drug-likeness (QED) is 0.442. The molecule has 0 saturated heterocycles. The molecule has 0 aliphatic carbocycles. The summed E-state index contributed by atoms with van der Waals surface area (Å²) in [6, 6.07) is 17.1. The van der Waals surface area contributed by atoms with E-state index in [-0.39, 0.29) is 12.6 Å². The lowest BCUT2D eigenvalue weighted by Gasteiger charge is -2.21. The number of carbonyl (C=O) groups is 1. The highest BCUT2D eigenvalue weighted by Crippen LogP contribution is 2.36. The minimum Gasteiger partial charge on any atom is -0.489 e. The minimum absolute atomic E-state index is 0.127. The molecule has 0 aromatic heterocycles. The van der Waals surface area contributed by atoms with Gasteiger partial charge < -0.3 is 18.9 Å². The highest BCUT2D eigenvalue weighted by atomic mass is 79.9. The van der Waals surface area contributed by atoms with Crippen molar-refractivity contribution in [2.75, 3.05) is 6.79 Å². The van der Waals surface area contributed by atoms with Crippen LogP contribution in [0.4, 0.5) is 0 Å². The number of rotatable bonds is 4. The highest BCUT2D eigenvalue weighted by molar-refractivity contribution is 9.10. The fourth-order valence-electron chi connectivity index (χ4n) is 3.69. The van der Waals surface area contributed by atoms with Crippen LogP contribution in [0.25, 0.3) is 6.08 Å². The average molecular weight is 479 g/mol. The van der Waals surface area contributed by atoms with Crippen LogP contribution in [0.15, 0.2) is 64.8 Å². The number of carbonyl (C=O) groups excluding carboxylic acids is 1. The van der Waals surface area contributed by atoms with Crippen LogP contribution in [0, 0.1) is 6.92 Å². The number of hydrogen-bond acceptors (Lipinski definition) is 5. The summed E-state index contributed by atoms with van der Waals surface area (Å²) < 4.78 is 23.8. The van der Waals surface area contributed by atoms with E-state index in [1.54, 1.807) is 24.3 Å². The number of halogens is 1. The molecule has 2 aliphatic rings. The standard InChI is InChI=1S/C25H19BrO5/c1-15-3-2-4-16(7-15)8-23-24(27)21-6-5-20(11-22(21)31-23)29-13-18-10-19(26)9-17-12-28-14-30-25(17)18/h2-11H,12-14H2,1H3/b23-8-. The lowest BCUT2D eigenvalue weighted by Crippen LogP contribution is -2.14. The van der Waals surface area contributed by atoms with Gasteiger partial charge in [0.25, 0.3) is 0 Å². The van der Waals surface area contributed by atoms with Gasteiger partial charge in [0, 0.05) is 21.7 Å². The fraction of sp³-hybridized carbons (Fsp3) is 0.160. The van der Waals surface area contributed by atoms with Gasteiger partial charge in [-0.25, -0.2) is 0 Å². The predicted molar refractivity (Wildman–Crippen MR) is 119 cm³/mol. The zero-order chi connectivity index (χ0) is 21.4. The molecule has 6 heteroatoms. The van der Waals surface area contributed by atoms with Crippen LogP contribution in [0.2, 0.25) is 0 Å². The van der Waals surface area contributed by atoms with Crippen LogP contribution < -0.4 is 14.2 Å². The first kappa shape index (κ1) is 19.8. The van der Waals surface area contributed by atoms with Gasteiger partial charge in [0.1, 0.15) is 23.9 Å². The van der Waals surface area contributed by atoms with Gasteiger partial charge in [-0.1, -0.05) is 45.8 Å². The Kier molecular flexibility index (Phi) is 5.26. The van der Waals surface area contributed by atoms with Crippen LogP contribution in [-0.2, 0) is 18.0 Å². The van der Waals surface area contributed by atoms with Gasteiger partial charge in [0.15, 0.2) is 12.6 Å². The second-order valence-electron chi connectivity index (χ2n) is 7.46. The van der Waals surface area contributed by atoms with Crippen molar-refractivity contribution >= 4 is 27.8 Å². The summed E-state index contributed by atoms with van der Waals surface area (Å²) in [5.41, 5.74) is 4.49. The summed E-state index contributed by atoms with van der Waals surface area (Å²) in [7, 11) is 0. The molecular formula is C25H19BrO5. The summed E-state index contributed by atoms with van der Waals surface area (Å²) >= 11 is 3.52. The number of Topliss-reactive ketones (excluding diaryl/α,β-unsaturated/α-hetero) is 1. The van der Waals surface area contributed by atoms with E-state index in [1.807, 2.05) is 43.3 Å². The molecule has 0 fully saturated rings. The van der Waals surface area contributed by atoms with Gasteiger partial charge >= 0.3 is 0 Å².